The predicted octanol–water partition coefficient (Wildman–Crippen LogP) is 3.86. The maximum atomic E-state index is 4.76. The third-order valence-electron chi connectivity index (χ3n) is 4.51. The van der Waals surface area contributed by atoms with Crippen molar-refractivity contribution in [3.05, 3.63) is 16.1 Å². The molecule has 1 aliphatic rings. The van der Waals surface area contributed by atoms with Gasteiger partial charge in [-0.2, -0.15) is 0 Å². The van der Waals surface area contributed by atoms with Crippen LogP contribution in [0.4, 0.5) is 0 Å². The number of nitrogens with one attached hydrogen (secondary N) is 2. The molecule has 0 aliphatic carbocycles. The number of halogens is 1. The van der Waals surface area contributed by atoms with Crippen LogP contribution in [-0.2, 0) is 6.42 Å². The molecule has 0 saturated carbocycles. The molecule has 150 valence electrons. The first kappa shape index (κ1) is 23.6. The molecular weight excluding hydrogens is 457 g/mol. The highest BCUT2D eigenvalue weighted by atomic mass is 127. The molecule has 1 aromatic heterocycles. The third-order valence-corrected chi connectivity index (χ3v) is 5.71. The lowest BCUT2D eigenvalue weighted by Crippen LogP contribution is -2.48. The number of piperidine rings is 1. The smallest absolute Gasteiger partial charge is 0.191 e. The lowest BCUT2D eigenvalue weighted by molar-refractivity contribution is 0.206. The molecule has 2 heterocycles. The lowest BCUT2D eigenvalue weighted by atomic mass is 10.1. The van der Waals surface area contributed by atoms with E-state index >= 15 is 0 Å². The van der Waals surface area contributed by atoms with Crippen molar-refractivity contribution in [3.8, 4) is 0 Å². The van der Waals surface area contributed by atoms with E-state index in [-0.39, 0.29) is 24.0 Å². The molecule has 1 fully saturated rings. The zero-order chi connectivity index (χ0) is 18.1. The molecule has 2 rings (SSSR count). The summed E-state index contributed by atoms with van der Waals surface area (Å²) in [6.07, 6.45) is 4.56. The van der Waals surface area contributed by atoms with Crippen LogP contribution in [0.1, 0.15) is 63.6 Å². The van der Waals surface area contributed by atoms with E-state index in [1.807, 2.05) is 0 Å². The molecule has 2 N–H and O–H groups in total. The van der Waals surface area contributed by atoms with Gasteiger partial charge in [-0.05, 0) is 32.7 Å². The summed E-state index contributed by atoms with van der Waals surface area (Å²) in [5, 5.41) is 10.4. The Labute approximate surface area is 180 Å². The average Bonchev–Trinajstić information content (AvgIpc) is 3.06. The summed E-state index contributed by atoms with van der Waals surface area (Å²) in [6.45, 7) is 14.1. The first-order chi connectivity index (χ1) is 12.1. The number of hydrogen-bond donors (Lipinski definition) is 2. The van der Waals surface area contributed by atoms with Gasteiger partial charge in [0.2, 0.25) is 0 Å². The maximum absolute atomic E-state index is 4.76. The van der Waals surface area contributed by atoms with Crippen molar-refractivity contribution >= 4 is 41.3 Å². The molecule has 5 nitrogen and oxygen atoms in total. The molecule has 0 bridgehead atoms. The van der Waals surface area contributed by atoms with Gasteiger partial charge in [-0.3, -0.25) is 4.99 Å². The molecule has 0 unspecified atom stereocenters. The first-order valence-corrected chi connectivity index (χ1v) is 10.7. The van der Waals surface area contributed by atoms with E-state index in [0.29, 0.717) is 12.0 Å². The number of likely N-dealkylation sites (tertiary alicyclic amines) is 1. The van der Waals surface area contributed by atoms with Crippen LogP contribution in [0.25, 0.3) is 0 Å². The Morgan fingerprint density at radius 3 is 2.65 bits per heavy atom. The zero-order valence-corrected chi connectivity index (χ0v) is 19.9. The predicted molar refractivity (Wildman–Crippen MR) is 124 cm³/mol. The Balaban J connectivity index is 0.00000338. The molecular formula is C19H36IN5S. The Morgan fingerprint density at radius 1 is 1.35 bits per heavy atom. The minimum absolute atomic E-state index is 0. The van der Waals surface area contributed by atoms with Crippen LogP contribution in [0.2, 0.25) is 0 Å². The van der Waals surface area contributed by atoms with E-state index in [1.165, 1.54) is 49.6 Å². The minimum atomic E-state index is 0. The summed E-state index contributed by atoms with van der Waals surface area (Å²) in [6, 6.07) is 0.540. The lowest BCUT2D eigenvalue weighted by Gasteiger charge is -2.32. The van der Waals surface area contributed by atoms with E-state index < -0.39 is 0 Å². The highest BCUT2D eigenvalue weighted by Gasteiger charge is 2.19. The van der Waals surface area contributed by atoms with Gasteiger partial charge in [-0.1, -0.05) is 20.8 Å². The van der Waals surface area contributed by atoms with Crippen molar-refractivity contribution in [2.75, 3.05) is 32.7 Å². The summed E-state index contributed by atoms with van der Waals surface area (Å²) in [5.74, 6) is 1.47. The number of hydrogen-bond acceptors (Lipinski definition) is 4. The number of thiazole rings is 1. The van der Waals surface area contributed by atoms with Gasteiger partial charge in [0, 0.05) is 49.9 Å². The molecule has 0 amide bonds. The molecule has 1 aromatic rings. The molecule has 1 aliphatic heterocycles. The largest absolute Gasteiger partial charge is 0.357 e. The van der Waals surface area contributed by atoms with Crippen molar-refractivity contribution in [2.24, 2.45) is 4.99 Å². The third kappa shape index (κ3) is 8.08. The summed E-state index contributed by atoms with van der Waals surface area (Å²) in [7, 11) is 0. The van der Waals surface area contributed by atoms with Crippen LogP contribution >= 0.6 is 35.3 Å². The second kappa shape index (κ2) is 12.9. The molecule has 0 radical (unpaired) electrons. The van der Waals surface area contributed by atoms with Crippen molar-refractivity contribution in [3.63, 3.8) is 0 Å². The highest BCUT2D eigenvalue weighted by Crippen LogP contribution is 2.19. The minimum Gasteiger partial charge on any atom is -0.357 e. The fourth-order valence-electron chi connectivity index (χ4n) is 3.12. The van der Waals surface area contributed by atoms with Crippen LogP contribution in [0.3, 0.4) is 0 Å². The fraction of sp³-hybridized carbons (Fsp3) is 0.789. The number of nitrogens with zero attached hydrogens (tertiary/aromatic N) is 3. The zero-order valence-electron chi connectivity index (χ0n) is 16.8. The van der Waals surface area contributed by atoms with Crippen LogP contribution in [0, 0.1) is 0 Å². The molecule has 7 heteroatoms. The molecule has 0 spiro atoms. The van der Waals surface area contributed by atoms with E-state index in [4.69, 9.17) is 9.98 Å². The van der Waals surface area contributed by atoms with Gasteiger partial charge in [0.05, 0.1) is 10.7 Å². The van der Waals surface area contributed by atoms with Gasteiger partial charge in [0.15, 0.2) is 5.96 Å². The fourth-order valence-corrected chi connectivity index (χ4v) is 3.98. The van der Waals surface area contributed by atoms with Gasteiger partial charge in [-0.25, -0.2) is 4.98 Å². The second-order valence-electron chi connectivity index (χ2n) is 7.10. The Hall–Kier alpha value is -0.410. The SMILES string of the molecule is CCCN1CCC(NC(=NCCc2csc(C(C)C)n2)NCC)CC1.I. The highest BCUT2D eigenvalue weighted by molar-refractivity contribution is 14.0. The number of aromatic nitrogens is 1. The van der Waals surface area contributed by atoms with Crippen molar-refractivity contribution in [2.45, 2.75) is 65.3 Å². The topological polar surface area (TPSA) is 52.5 Å². The summed E-state index contributed by atoms with van der Waals surface area (Å²) >= 11 is 1.76. The van der Waals surface area contributed by atoms with Gasteiger partial charge >= 0.3 is 0 Å². The van der Waals surface area contributed by atoms with Gasteiger partial charge in [-0.15, -0.1) is 35.3 Å². The Kier molecular flexibility index (Phi) is 11.7. The van der Waals surface area contributed by atoms with E-state index in [0.717, 1.165) is 25.5 Å². The van der Waals surface area contributed by atoms with E-state index in [9.17, 15) is 0 Å². The monoisotopic (exact) mass is 493 g/mol. The van der Waals surface area contributed by atoms with Crippen LogP contribution in [-0.4, -0.2) is 54.6 Å². The normalized spacial score (nSPS) is 16.6. The van der Waals surface area contributed by atoms with Gasteiger partial charge < -0.3 is 15.5 Å². The molecule has 0 aromatic carbocycles. The van der Waals surface area contributed by atoms with Gasteiger partial charge in [0.25, 0.3) is 0 Å². The van der Waals surface area contributed by atoms with E-state index in [2.05, 4.69) is 48.6 Å². The van der Waals surface area contributed by atoms with Crippen LogP contribution < -0.4 is 10.6 Å². The van der Waals surface area contributed by atoms with Crippen molar-refractivity contribution in [1.82, 2.24) is 20.5 Å². The summed E-state index contributed by atoms with van der Waals surface area (Å²) < 4.78 is 0. The molecule has 0 atom stereocenters. The van der Waals surface area contributed by atoms with Crippen LogP contribution in [0.5, 0.6) is 0 Å². The van der Waals surface area contributed by atoms with Crippen LogP contribution in [0.15, 0.2) is 10.4 Å². The second-order valence-corrected chi connectivity index (χ2v) is 7.99. The molecule has 1 saturated heterocycles. The summed E-state index contributed by atoms with van der Waals surface area (Å²) in [5.41, 5.74) is 1.17. The van der Waals surface area contributed by atoms with E-state index in [1.54, 1.807) is 11.3 Å². The Bertz CT molecular complexity index is 524. The molecule has 26 heavy (non-hydrogen) atoms. The quantitative estimate of drug-likeness (QED) is 0.328. The number of guanidine groups is 1. The number of rotatable bonds is 8. The van der Waals surface area contributed by atoms with Crippen molar-refractivity contribution in [1.29, 1.82) is 0 Å². The summed E-state index contributed by atoms with van der Waals surface area (Å²) in [4.78, 5) is 12.0. The number of aliphatic imine (C=N–C) groups is 1. The van der Waals surface area contributed by atoms with Gasteiger partial charge in [0.1, 0.15) is 0 Å². The standard InChI is InChI=1S/C19H35N5S.HI/c1-5-11-24-12-8-16(9-13-24)23-19(20-6-2)21-10-7-17-14-25-18(22-17)15(3)4;/h14-16H,5-13H2,1-4H3,(H2,20,21,23);1H. The average molecular weight is 494 g/mol. The Morgan fingerprint density at radius 2 is 2.08 bits per heavy atom. The maximum Gasteiger partial charge on any atom is 0.191 e. The van der Waals surface area contributed by atoms with Crippen molar-refractivity contribution < 1.29 is 0 Å². The first-order valence-electron chi connectivity index (χ1n) is 9.83.